The van der Waals surface area contributed by atoms with Crippen LogP contribution in [0.2, 0.25) is 0 Å². The molecule has 2 heterocycles. The fraction of sp³-hybridized carbons (Fsp3) is 0.474. The summed E-state index contributed by atoms with van der Waals surface area (Å²) in [4.78, 5) is 11.0. The number of hydrogen-bond donors (Lipinski definition) is 0. The van der Waals surface area contributed by atoms with Crippen LogP contribution in [-0.4, -0.2) is 32.5 Å². The van der Waals surface area contributed by atoms with Gasteiger partial charge in [-0.25, -0.2) is 4.98 Å². The smallest absolute Gasteiger partial charge is 0.0945 e. The van der Waals surface area contributed by atoms with Gasteiger partial charge in [-0.1, -0.05) is 18.2 Å². The van der Waals surface area contributed by atoms with Gasteiger partial charge in [0.05, 0.1) is 6.33 Å². The van der Waals surface area contributed by atoms with Gasteiger partial charge in [-0.3, -0.25) is 9.88 Å². The molecule has 23 heavy (non-hydrogen) atoms. The Balaban J connectivity index is 1.54. The highest BCUT2D eigenvalue weighted by Crippen LogP contribution is 2.20. The zero-order chi connectivity index (χ0) is 15.7. The molecule has 0 N–H and O–H groups in total. The van der Waals surface area contributed by atoms with Crippen molar-refractivity contribution in [3.63, 3.8) is 0 Å². The summed E-state index contributed by atoms with van der Waals surface area (Å²) in [6.07, 6.45) is 19.2. The van der Waals surface area contributed by atoms with Crippen LogP contribution in [0.3, 0.4) is 0 Å². The van der Waals surface area contributed by atoms with E-state index in [1.165, 1.54) is 31.4 Å². The van der Waals surface area contributed by atoms with Crippen molar-refractivity contribution in [3.8, 4) is 0 Å². The van der Waals surface area contributed by atoms with E-state index in [1.54, 1.807) is 0 Å². The lowest BCUT2D eigenvalue weighted by Crippen LogP contribution is -2.31. The van der Waals surface area contributed by atoms with Crippen molar-refractivity contribution in [2.75, 3.05) is 13.1 Å². The molecule has 0 spiro atoms. The summed E-state index contributed by atoms with van der Waals surface area (Å²) in [7, 11) is 0. The first kappa shape index (κ1) is 15.9. The van der Waals surface area contributed by atoms with Crippen LogP contribution in [0.5, 0.6) is 0 Å². The number of imidazole rings is 1. The summed E-state index contributed by atoms with van der Waals surface area (Å²) in [6.45, 7) is 4.34. The van der Waals surface area contributed by atoms with Gasteiger partial charge in [-0.05, 0) is 43.2 Å². The van der Waals surface area contributed by atoms with E-state index in [2.05, 4.69) is 37.7 Å². The van der Waals surface area contributed by atoms with Crippen LogP contribution in [-0.2, 0) is 13.1 Å². The third-order valence-electron chi connectivity index (χ3n) is 4.47. The first-order valence-corrected chi connectivity index (χ1v) is 8.62. The summed E-state index contributed by atoms with van der Waals surface area (Å²) in [5, 5.41) is 0. The summed E-state index contributed by atoms with van der Waals surface area (Å²) in [6, 6.07) is 4.21. The van der Waals surface area contributed by atoms with Crippen LogP contribution in [0.4, 0.5) is 0 Å². The van der Waals surface area contributed by atoms with Gasteiger partial charge in [-0.2, -0.15) is 0 Å². The summed E-state index contributed by atoms with van der Waals surface area (Å²) < 4.78 is 2.16. The quantitative estimate of drug-likeness (QED) is 0.700. The van der Waals surface area contributed by atoms with Gasteiger partial charge < -0.3 is 4.57 Å². The highest BCUT2D eigenvalue weighted by molar-refractivity contribution is 5.08. The van der Waals surface area contributed by atoms with Crippen LogP contribution in [0.15, 0.2) is 55.4 Å². The van der Waals surface area contributed by atoms with E-state index in [0.29, 0.717) is 0 Å². The number of rotatable bonds is 8. The Morgan fingerprint density at radius 1 is 1.22 bits per heavy atom. The number of nitrogens with zero attached hydrogens (tertiary/aromatic N) is 4. The third kappa shape index (κ3) is 5.32. The molecule has 4 heteroatoms. The molecular formula is C19H26N4. The van der Waals surface area contributed by atoms with Crippen molar-refractivity contribution < 1.29 is 0 Å². The normalized spacial score (nSPS) is 17.7. The molecule has 0 amide bonds. The van der Waals surface area contributed by atoms with E-state index in [0.717, 1.165) is 32.0 Å². The molecule has 0 saturated heterocycles. The summed E-state index contributed by atoms with van der Waals surface area (Å²) in [5.74, 6) is 0.796. The van der Waals surface area contributed by atoms with Gasteiger partial charge in [0.15, 0.2) is 0 Å². The maximum Gasteiger partial charge on any atom is 0.0945 e. The monoisotopic (exact) mass is 310 g/mol. The minimum absolute atomic E-state index is 0.796. The molecule has 0 bridgehead atoms. The lowest BCUT2D eigenvalue weighted by atomic mass is 9.94. The maximum atomic E-state index is 4.26. The van der Waals surface area contributed by atoms with Crippen molar-refractivity contribution in [1.82, 2.24) is 19.4 Å². The van der Waals surface area contributed by atoms with Crippen molar-refractivity contribution in [1.29, 1.82) is 0 Å². The highest BCUT2D eigenvalue weighted by atomic mass is 15.1. The minimum atomic E-state index is 0.796. The van der Waals surface area contributed by atoms with Gasteiger partial charge in [-0.15, -0.1) is 0 Å². The molecule has 1 unspecified atom stereocenters. The molecule has 0 aliphatic heterocycles. The molecule has 0 aromatic carbocycles. The Labute approximate surface area is 138 Å². The van der Waals surface area contributed by atoms with E-state index >= 15 is 0 Å². The van der Waals surface area contributed by atoms with E-state index in [-0.39, 0.29) is 0 Å². The van der Waals surface area contributed by atoms with E-state index in [1.807, 2.05) is 37.2 Å². The van der Waals surface area contributed by atoms with Crippen LogP contribution in [0, 0.1) is 5.92 Å². The van der Waals surface area contributed by atoms with Gasteiger partial charge in [0.25, 0.3) is 0 Å². The summed E-state index contributed by atoms with van der Waals surface area (Å²) >= 11 is 0. The fourth-order valence-corrected chi connectivity index (χ4v) is 3.27. The van der Waals surface area contributed by atoms with Gasteiger partial charge in [0.2, 0.25) is 0 Å². The van der Waals surface area contributed by atoms with E-state index < -0.39 is 0 Å². The highest BCUT2D eigenvalue weighted by Gasteiger charge is 2.15. The number of hydrogen-bond acceptors (Lipinski definition) is 3. The minimum Gasteiger partial charge on any atom is -0.337 e. The largest absolute Gasteiger partial charge is 0.337 e. The molecule has 3 rings (SSSR count). The van der Waals surface area contributed by atoms with E-state index in [9.17, 15) is 0 Å². The molecule has 1 aliphatic carbocycles. The zero-order valence-electron chi connectivity index (χ0n) is 13.7. The maximum absolute atomic E-state index is 4.26. The predicted molar refractivity (Wildman–Crippen MR) is 92.8 cm³/mol. The summed E-state index contributed by atoms with van der Waals surface area (Å²) in [5.41, 5.74) is 1.31. The predicted octanol–water partition coefficient (Wildman–Crippen LogP) is 3.53. The van der Waals surface area contributed by atoms with Crippen molar-refractivity contribution in [2.45, 2.75) is 38.8 Å². The number of allylic oxidation sites excluding steroid dienone is 2. The topological polar surface area (TPSA) is 34.0 Å². The van der Waals surface area contributed by atoms with Crippen molar-refractivity contribution in [2.24, 2.45) is 5.92 Å². The molecule has 0 fully saturated rings. The Morgan fingerprint density at radius 2 is 2.22 bits per heavy atom. The lowest BCUT2D eigenvalue weighted by Gasteiger charge is -2.28. The Kier molecular flexibility index (Phi) is 5.98. The van der Waals surface area contributed by atoms with Crippen LogP contribution >= 0.6 is 0 Å². The van der Waals surface area contributed by atoms with Gasteiger partial charge >= 0.3 is 0 Å². The molecule has 122 valence electrons. The van der Waals surface area contributed by atoms with Gasteiger partial charge in [0, 0.05) is 51.0 Å². The second-order valence-electron chi connectivity index (χ2n) is 6.40. The molecule has 1 atom stereocenters. The molecule has 1 aliphatic rings. The number of aromatic nitrogens is 3. The molecule has 4 nitrogen and oxygen atoms in total. The average Bonchev–Trinajstić information content (AvgIpc) is 3.10. The molecule has 2 aromatic heterocycles. The average molecular weight is 310 g/mol. The number of pyridine rings is 1. The third-order valence-corrected chi connectivity index (χ3v) is 4.47. The molecular weight excluding hydrogens is 284 g/mol. The van der Waals surface area contributed by atoms with E-state index in [4.69, 9.17) is 0 Å². The van der Waals surface area contributed by atoms with Crippen molar-refractivity contribution in [3.05, 3.63) is 61.0 Å². The SMILES string of the molecule is C1=CCC(CN(CCCn2ccnc2)Cc2cccnc2)CC1. The van der Waals surface area contributed by atoms with Crippen LogP contribution < -0.4 is 0 Å². The molecule has 0 saturated carbocycles. The number of aryl methyl sites for hydroxylation is 1. The van der Waals surface area contributed by atoms with Crippen LogP contribution in [0.1, 0.15) is 31.2 Å². The molecule has 2 aromatic rings. The lowest BCUT2D eigenvalue weighted by molar-refractivity contribution is 0.209. The Hall–Kier alpha value is -1.94. The zero-order valence-corrected chi connectivity index (χ0v) is 13.7. The Bertz CT molecular complexity index is 577. The first-order chi connectivity index (χ1) is 11.4. The van der Waals surface area contributed by atoms with Crippen LogP contribution in [0.25, 0.3) is 0 Å². The second kappa shape index (κ2) is 8.63. The Morgan fingerprint density at radius 3 is 2.96 bits per heavy atom. The standard InChI is InChI=1S/C19H26N4/c1-2-6-18(7-3-1)15-23(16-19-8-4-9-20-14-19)12-5-11-22-13-10-21-17-22/h1-2,4,8-10,13-14,17-18H,3,5-7,11-12,15-16H2. The second-order valence-corrected chi connectivity index (χ2v) is 6.40. The molecule has 0 radical (unpaired) electrons. The van der Waals surface area contributed by atoms with Gasteiger partial charge in [0.1, 0.15) is 0 Å². The fourth-order valence-electron chi connectivity index (χ4n) is 3.27. The first-order valence-electron chi connectivity index (χ1n) is 8.62. The van der Waals surface area contributed by atoms with Crippen molar-refractivity contribution >= 4 is 0 Å².